The Kier molecular flexibility index (Phi) is 2.93. The Hall–Kier alpha value is -2.33. The van der Waals surface area contributed by atoms with E-state index < -0.39 is 5.97 Å². The van der Waals surface area contributed by atoms with Crippen molar-refractivity contribution in [3.8, 4) is 0 Å². The average Bonchev–Trinajstić information content (AvgIpc) is 3.00. The molecule has 3 rings (SSSR count). The Morgan fingerprint density at radius 3 is 2.84 bits per heavy atom. The number of carbonyl (C=O) groups is 1. The number of rotatable bonds is 2. The Morgan fingerprint density at radius 2 is 2.11 bits per heavy atom. The number of esters is 1. The number of nitrogens with zero attached hydrogens (tertiary/aromatic N) is 1. The van der Waals surface area contributed by atoms with Crippen molar-refractivity contribution in [2.24, 2.45) is 4.99 Å². The standard InChI is InChI=1S/C14H8ClNO3/c15-10-4-1-3-9(7-10)8-11-14(17)19-13(16-11)12-5-2-6-18-12/h1-8H/b11-8+. The molecule has 2 aromatic rings. The van der Waals surface area contributed by atoms with Crippen molar-refractivity contribution in [2.45, 2.75) is 0 Å². The second-order valence-corrected chi connectivity index (χ2v) is 4.30. The van der Waals surface area contributed by atoms with Gasteiger partial charge in [0.25, 0.3) is 5.90 Å². The maximum absolute atomic E-state index is 11.7. The van der Waals surface area contributed by atoms with Crippen LogP contribution in [0.4, 0.5) is 0 Å². The fourth-order valence-corrected chi connectivity index (χ4v) is 1.87. The Balaban J connectivity index is 1.95. The lowest BCUT2D eigenvalue weighted by Gasteiger charge is -1.94. The molecule has 2 heterocycles. The smallest absolute Gasteiger partial charge is 0.363 e. The van der Waals surface area contributed by atoms with Gasteiger partial charge >= 0.3 is 5.97 Å². The van der Waals surface area contributed by atoms with E-state index in [0.717, 1.165) is 5.56 Å². The van der Waals surface area contributed by atoms with Crippen LogP contribution in [0.15, 0.2) is 57.8 Å². The van der Waals surface area contributed by atoms with Gasteiger partial charge in [0.05, 0.1) is 6.26 Å². The highest BCUT2D eigenvalue weighted by Crippen LogP contribution is 2.20. The van der Waals surface area contributed by atoms with Crippen LogP contribution in [-0.4, -0.2) is 11.9 Å². The predicted octanol–water partition coefficient (Wildman–Crippen LogP) is 3.28. The van der Waals surface area contributed by atoms with E-state index in [1.807, 2.05) is 6.07 Å². The first-order valence-electron chi connectivity index (χ1n) is 5.54. The zero-order valence-corrected chi connectivity index (χ0v) is 10.4. The molecular weight excluding hydrogens is 266 g/mol. The average molecular weight is 274 g/mol. The number of halogens is 1. The van der Waals surface area contributed by atoms with Crippen molar-refractivity contribution >= 4 is 29.5 Å². The molecule has 0 spiro atoms. The molecule has 0 fully saturated rings. The van der Waals surface area contributed by atoms with Gasteiger partial charge in [-0.3, -0.25) is 0 Å². The Bertz CT molecular complexity index is 686. The molecule has 5 heteroatoms. The first-order chi connectivity index (χ1) is 9.22. The fraction of sp³-hybridized carbons (Fsp3) is 0. The predicted molar refractivity (Wildman–Crippen MR) is 70.8 cm³/mol. The fourth-order valence-electron chi connectivity index (χ4n) is 1.67. The molecule has 0 atom stereocenters. The quantitative estimate of drug-likeness (QED) is 0.623. The zero-order valence-electron chi connectivity index (χ0n) is 9.67. The Morgan fingerprint density at radius 1 is 1.21 bits per heavy atom. The Labute approximate surface area is 114 Å². The van der Waals surface area contributed by atoms with Gasteiger partial charge in [-0.15, -0.1) is 0 Å². The van der Waals surface area contributed by atoms with Crippen LogP contribution in [-0.2, 0) is 9.53 Å². The summed E-state index contributed by atoms with van der Waals surface area (Å²) >= 11 is 5.88. The summed E-state index contributed by atoms with van der Waals surface area (Å²) < 4.78 is 10.2. The third-order valence-electron chi connectivity index (χ3n) is 2.50. The number of hydrogen-bond donors (Lipinski definition) is 0. The molecule has 0 amide bonds. The second kappa shape index (κ2) is 4.74. The monoisotopic (exact) mass is 273 g/mol. The molecule has 4 nitrogen and oxygen atoms in total. The SMILES string of the molecule is O=C1OC(c2ccco2)=N/C1=C/c1cccc(Cl)c1. The molecule has 0 unspecified atom stereocenters. The van der Waals surface area contributed by atoms with Gasteiger partial charge < -0.3 is 9.15 Å². The third kappa shape index (κ3) is 2.44. The minimum Gasteiger partial charge on any atom is -0.459 e. The summed E-state index contributed by atoms with van der Waals surface area (Å²) in [5, 5.41) is 0.593. The summed E-state index contributed by atoms with van der Waals surface area (Å²) in [5.74, 6) is 0.0810. The topological polar surface area (TPSA) is 51.8 Å². The molecule has 0 bridgehead atoms. The summed E-state index contributed by atoms with van der Waals surface area (Å²) in [6.07, 6.45) is 3.11. The molecule has 0 aliphatic carbocycles. The van der Waals surface area contributed by atoms with Gasteiger partial charge in [0, 0.05) is 5.02 Å². The molecular formula is C14H8ClNO3. The van der Waals surface area contributed by atoms with Crippen molar-refractivity contribution in [2.75, 3.05) is 0 Å². The van der Waals surface area contributed by atoms with E-state index in [-0.39, 0.29) is 11.6 Å². The van der Waals surface area contributed by atoms with Crippen LogP contribution >= 0.6 is 11.6 Å². The van der Waals surface area contributed by atoms with Crippen molar-refractivity contribution in [1.29, 1.82) is 0 Å². The second-order valence-electron chi connectivity index (χ2n) is 3.87. The lowest BCUT2D eigenvalue weighted by molar-refractivity contribution is -0.130. The van der Waals surface area contributed by atoms with Gasteiger partial charge in [-0.05, 0) is 35.9 Å². The van der Waals surface area contributed by atoms with E-state index in [1.54, 1.807) is 36.4 Å². The van der Waals surface area contributed by atoms with Crippen LogP contribution in [0.25, 0.3) is 6.08 Å². The summed E-state index contributed by atoms with van der Waals surface area (Å²) in [5.41, 5.74) is 0.998. The van der Waals surface area contributed by atoms with Gasteiger partial charge in [0.2, 0.25) is 0 Å². The molecule has 0 N–H and O–H groups in total. The number of hydrogen-bond acceptors (Lipinski definition) is 4. The number of benzene rings is 1. The largest absolute Gasteiger partial charge is 0.459 e. The summed E-state index contributed by atoms with van der Waals surface area (Å²) in [6, 6.07) is 10.5. The van der Waals surface area contributed by atoms with Crippen LogP contribution in [0.2, 0.25) is 5.02 Å². The molecule has 0 saturated carbocycles. The summed E-state index contributed by atoms with van der Waals surface area (Å²) in [4.78, 5) is 15.8. The van der Waals surface area contributed by atoms with Crippen molar-refractivity contribution < 1.29 is 13.9 Å². The number of cyclic esters (lactones) is 1. The van der Waals surface area contributed by atoms with Gasteiger partial charge in [0.15, 0.2) is 11.5 Å². The van der Waals surface area contributed by atoms with Gasteiger partial charge in [-0.25, -0.2) is 9.79 Å². The maximum atomic E-state index is 11.7. The van der Waals surface area contributed by atoms with Crippen molar-refractivity contribution in [3.05, 3.63) is 64.7 Å². The molecule has 0 saturated heterocycles. The van der Waals surface area contributed by atoms with Gasteiger partial charge in [-0.1, -0.05) is 23.7 Å². The molecule has 19 heavy (non-hydrogen) atoms. The maximum Gasteiger partial charge on any atom is 0.363 e. The van der Waals surface area contributed by atoms with Gasteiger partial charge in [0.1, 0.15) is 0 Å². The van der Waals surface area contributed by atoms with Crippen LogP contribution in [0.5, 0.6) is 0 Å². The molecule has 1 aliphatic heterocycles. The number of carbonyl (C=O) groups excluding carboxylic acids is 1. The summed E-state index contributed by atoms with van der Waals surface area (Å²) in [6.45, 7) is 0. The van der Waals surface area contributed by atoms with Crippen LogP contribution in [0.3, 0.4) is 0 Å². The van der Waals surface area contributed by atoms with E-state index in [2.05, 4.69) is 4.99 Å². The minimum absolute atomic E-state index is 0.170. The molecule has 1 aliphatic rings. The van der Waals surface area contributed by atoms with Crippen LogP contribution < -0.4 is 0 Å². The van der Waals surface area contributed by atoms with E-state index in [0.29, 0.717) is 10.8 Å². The highest BCUT2D eigenvalue weighted by Gasteiger charge is 2.25. The number of furan rings is 1. The molecule has 0 radical (unpaired) electrons. The molecule has 1 aromatic carbocycles. The first-order valence-corrected chi connectivity index (χ1v) is 5.92. The number of ether oxygens (including phenoxy) is 1. The highest BCUT2D eigenvalue weighted by atomic mass is 35.5. The molecule has 94 valence electrons. The number of aliphatic imine (C=N–C) groups is 1. The molecule has 1 aromatic heterocycles. The van der Waals surface area contributed by atoms with E-state index in [4.69, 9.17) is 20.8 Å². The normalized spacial score (nSPS) is 16.6. The van der Waals surface area contributed by atoms with Crippen LogP contribution in [0, 0.1) is 0 Å². The van der Waals surface area contributed by atoms with E-state index in [1.165, 1.54) is 6.26 Å². The van der Waals surface area contributed by atoms with Crippen molar-refractivity contribution in [1.82, 2.24) is 0 Å². The third-order valence-corrected chi connectivity index (χ3v) is 2.74. The lowest BCUT2D eigenvalue weighted by atomic mass is 10.2. The highest BCUT2D eigenvalue weighted by molar-refractivity contribution is 6.30. The lowest BCUT2D eigenvalue weighted by Crippen LogP contribution is -2.04. The van der Waals surface area contributed by atoms with Crippen molar-refractivity contribution in [3.63, 3.8) is 0 Å². The first kappa shape index (κ1) is 11.7. The van der Waals surface area contributed by atoms with Crippen LogP contribution in [0.1, 0.15) is 11.3 Å². The van der Waals surface area contributed by atoms with E-state index >= 15 is 0 Å². The van der Waals surface area contributed by atoms with E-state index in [9.17, 15) is 4.79 Å². The van der Waals surface area contributed by atoms with Gasteiger partial charge in [-0.2, -0.15) is 0 Å². The summed E-state index contributed by atoms with van der Waals surface area (Å²) in [7, 11) is 0. The minimum atomic E-state index is -0.508. The zero-order chi connectivity index (χ0) is 13.2.